The van der Waals surface area contributed by atoms with E-state index in [4.69, 9.17) is 11.6 Å². The Morgan fingerprint density at radius 1 is 1.29 bits per heavy atom. The van der Waals surface area contributed by atoms with Crippen LogP contribution in [0.3, 0.4) is 0 Å². The van der Waals surface area contributed by atoms with Crippen molar-refractivity contribution in [1.82, 2.24) is 9.47 Å². The van der Waals surface area contributed by atoms with Crippen LogP contribution in [0.25, 0.3) is 0 Å². The summed E-state index contributed by atoms with van der Waals surface area (Å²) in [5.41, 5.74) is 2.46. The number of aromatic nitrogens is 1. The SMILES string of the molecule is Cc1ccc(C(=O)N(C)C(CO)c2ccc(Cl)cc2)n1C. The van der Waals surface area contributed by atoms with Crippen LogP contribution in [0, 0.1) is 6.92 Å². The topological polar surface area (TPSA) is 45.5 Å². The van der Waals surface area contributed by atoms with E-state index in [1.54, 1.807) is 30.1 Å². The van der Waals surface area contributed by atoms with Crippen LogP contribution >= 0.6 is 11.6 Å². The van der Waals surface area contributed by atoms with Crippen molar-refractivity contribution in [3.8, 4) is 0 Å². The molecule has 2 rings (SSSR count). The van der Waals surface area contributed by atoms with Crippen LogP contribution in [0.1, 0.15) is 27.8 Å². The molecule has 0 aliphatic carbocycles. The number of rotatable bonds is 4. The number of aliphatic hydroxyl groups is 1. The van der Waals surface area contributed by atoms with Crippen molar-refractivity contribution in [2.45, 2.75) is 13.0 Å². The Labute approximate surface area is 129 Å². The minimum Gasteiger partial charge on any atom is -0.394 e. The molecule has 0 saturated heterocycles. The second kappa shape index (κ2) is 6.33. The highest BCUT2D eigenvalue weighted by molar-refractivity contribution is 6.30. The summed E-state index contributed by atoms with van der Waals surface area (Å²) in [6.07, 6.45) is 0. The molecule has 1 amide bonds. The number of benzene rings is 1. The zero-order valence-electron chi connectivity index (χ0n) is 12.4. The van der Waals surface area contributed by atoms with Gasteiger partial charge >= 0.3 is 0 Å². The molecule has 0 bridgehead atoms. The van der Waals surface area contributed by atoms with Gasteiger partial charge in [0.2, 0.25) is 0 Å². The van der Waals surface area contributed by atoms with E-state index in [1.165, 1.54) is 0 Å². The molecule has 2 aromatic rings. The fourth-order valence-electron chi connectivity index (χ4n) is 2.29. The maximum Gasteiger partial charge on any atom is 0.270 e. The molecule has 21 heavy (non-hydrogen) atoms. The van der Waals surface area contributed by atoms with Gasteiger partial charge in [-0.25, -0.2) is 0 Å². The predicted molar refractivity (Wildman–Crippen MR) is 83.5 cm³/mol. The number of aryl methyl sites for hydroxylation is 1. The van der Waals surface area contributed by atoms with E-state index in [2.05, 4.69) is 0 Å². The fourth-order valence-corrected chi connectivity index (χ4v) is 2.41. The highest BCUT2D eigenvalue weighted by atomic mass is 35.5. The zero-order valence-corrected chi connectivity index (χ0v) is 13.1. The van der Waals surface area contributed by atoms with Crippen LogP contribution in [0.5, 0.6) is 0 Å². The Hall–Kier alpha value is -1.78. The number of aliphatic hydroxyl groups excluding tert-OH is 1. The second-order valence-corrected chi connectivity index (χ2v) is 5.52. The summed E-state index contributed by atoms with van der Waals surface area (Å²) < 4.78 is 1.84. The molecule has 1 unspecified atom stereocenters. The number of amides is 1. The molecule has 4 nitrogen and oxygen atoms in total. The molecule has 1 aromatic heterocycles. The van der Waals surface area contributed by atoms with Gasteiger partial charge in [-0.15, -0.1) is 0 Å². The third kappa shape index (κ3) is 3.12. The minimum absolute atomic E-state index is 0.125. The average molecular weight is 307 g/mol. The van der Waals surface area contributed by atoms with E-state index in [-0.39, 0.29) is 12.5 Å². The molecule has 0 saturated carbocycles. The largest absolute Gasteiger partial charge is 0.394 e. The van der Waals surface area contributed by atoms with Gasteiger partial charge in [0.05, 0.1) is 12.6 Å². The monoisotopic (exact) mass is 306 g/mol. The lowest BCUT2D eigenvalue weighted by Crippen LogP contribution is -2.34. The summed E-state index contributed by atoms with van der Waals surface area (Å²) in [7, 11) is 3.55. The molecule has 112 valence electrons. The highest BCUT2D eigenvalue weighted by Gasteiger charge is 2.24. The van der Waals surface area contributed by atoms with Crippen LogP contribution in [-0.2, 0) is 7.05 Å². The number of carbonyl (C=O) groups is 1. The number of carbonyl (C=O) groups excluding carboxylic acids is 1. The first-order valence-electron chi connectivity index (χ1n) is 6.71. The third-order valence-corrected chi connectivity index (χ3v) is 4.06. The molecule has 1 heterocycles. The van der Waals surface area contributed by atoms with Crippen molar-refractivity contribution in [2.24, 2.45) is 7.05 Å². The highest BCUT2D eigenvalue weighted by Crippen LogP contribution is 2.23. The first-order chi connectivity index (χ1) is 9.95. The summed E-state index contributed by atoms with van der Waals surface area (Å²) in [5.74, 6) is -0.125. The molecule has 0 spiro atoms. The number of hydrogen-bond donors (Lipinski definition) is 1. The van der Waals surface area contributed by atoms with E-state index in [0.29, 0.717) is 10.7 Å². The van der Waals surface area contributed by atoms with Gasteiger partial charge in [0.25, 0.3) is 5.91 Å². The number of likely N-dealkylation sites (N-methyl/N-ethyl adjacent to an activating group) is 1. The summed E-state index contributed by atoms with van der Waals surface area (Å²) in [6, 6.07) is 10.5. The maximum absolute atomic E-state index is 12.6. The predicted octanol–water partition coefficient (Wildman–Crippen LogP) is 2.79. The van der Waals surface area contributed by atoms with Crippen LogP contribution in [0.15, 0.2) is 36.4 Å². The first kappa shape index (κ1) is 15.6. The van der Waals surface area contributed by atoms with Gasteiger partial charge < -0.3 is 14.6 Å². The van der Waals surface area contributed by atoms with Gasteiger partial charge in [-0.1, -0.05) is 23.7 Å². The van der Waals surface area contributed by atoms with Crippen molar-refractivity contribution >= 4 is 17.5 Å². The summed E-state index contributed by atoms with van der Waals surface area (Å²) in [4.78, 5) is 14.1. The average Bonchev–Trinajstić information content (AvgIpc) is 2.81. The molecule has 0 radical (unpaired) electrons. The summed E-state index contributed by atoms with van der Waals surface area (Å²) >= 11 is 5.87. The van der Waals surface area contributed by atoms with Crippen molar-refractivity contribution in [2.75, 3.05) is 13.7 Å². The molecular weight excluding hydrogens is 288 g/mol. The van der Waals surface area contributed by atoms with E-state index in [9.17, 15) is 9.90 Å². The lowest BCUT2D eigenvalue weighted by atomic mass is 10.1. The van der Waals surface area contributed by atoms with Crippen LogP contribution in [0.4, 0.5) is 0 Å². The van der Waals surface area contributed by atoms with Crippen molar-refractivity contribution in [3.63, 3.8) is 0 Å². The van der Waals surface area contributed by atoms with E-state index in [0.717, 1.165) is 11.3 Å². The van der Waals surface area contributed by atoms with Gasteiger partial charge in [-0.2, -0.15) is 0 Å². The van der Waals surface area contributed by atoms with E-state index >= 15 is 0 Å². The smallest absolute Gasteiger partial charge is 0.270 e. The zero-order chi connectivity index (χ0) is 15.6. The molecule has 0 fully saturated rings. The lowest BCUT2D eigenvalue weighted by molar-refractivity contribution is 0.0649. The Balaban J connectivity index is 2.27. The van der Waals surface area contributed by atoms with Crippen LogP contribution in [0.2, 0.25) is 5.02 Å². The molecular formula is C16H19ClN2O2. The summed E-state index contributed by atoms with van der Waals surface area (Å²) in [6.45, 7) is 1.80. The number of halogens is 1. The molecule has 0 aliphatic rings. The Bertz CT molecular complexity index is 634. The molecule has 1 aromatic carbocycles. The van der Waals surface area contributed by atoms with Gasteiger partial charge in [-0.3, -0.25) is 4.79 Å². The van der Waals surface area contributed by atoms with E-state index in [1.807, 2.05) is 36.7 Å². The first-order valence-corrected chi connectivity index (χ1v) is 7.09. The molecule has 0 aliphatic heterocycles. The van der Waals surface area contributed by atoms with Crippen LogP contribution < -0.4 is 0 Å². The van der Waals surface area contributed by atoms with Gasteiger partial charge in [0.1, 0.15) is 5.69 Å². The van der Waals surface area contributed by atoms with Crippen LogP contribution in [-0.4, -0.2) is 34.1 Å². The number of nitrogens with zero attached hydrogens (tertiary/aromatic N) is 2. The fraction of sp³-hybridized carbons (Fsp3) is 0.312. The molecule has 1 atom stereocenters. The minimum atomic E-state index is -0.398. The van der Waals surface area contributed by atoms with Crippen molar-refractivity contribution in [3.05, 3.63) is 58.4 Å². The standard InChI is InChI=1S/C16H19ClN2O2/c1-11-4-9-14(18(11)2)16(21)19(3)15(10-20)12-5-7-13(17)8-6-12/h4-9,15,20H,10H2,1-3H3. The van der Waals surface area contributed by atoms with Gasteiger partial charge in [0.15, 0.2) is 0 Å². The van der Waals surface area contributed by atoms with Gasteiger partial charge in [0, 0.05) is 24.8 Å². The second-order valence-electron chi connectivity index (χ2n) is 5.08. The molecule has 5 heteroatoms. The quantitative estimate of drug-likeness (QED) is 0.944. The Kier molecular flexibility index (Phi) is 4.70. The lowest BCUT2D eigenvalue weighted by Gasteiger charge is -2.27. The Morgan fingerprint density at radius 2 is 1.90 bits per heavy atom. The van der Waals surface area contributed by atoms with Gasteiger partial charge in [-0.05, 0) is 36.8 Å². The normalized spacial score (nSPS) is 12.2. The maximum atomic E-state index is 12.6. The molecule has 1 N–H and O–H groups in total. The van der Waals surface area contributed by atoms with Crippen molar-refractivity contribution in [1.29, 1.82) is 0 Å². The van der Waals surface area contributed by atoms with E-state index < -0.39 is 6.04 Å². The van der Waals surface area contributed by atoms with Crippen molar-refractivity contribution < 1.29 is 9.90 Å². The Morgan fingerprint density at radius 3 is 2.38 bits per heavy atom. The third-order valence-electron chi connectivity index (χ3n) is 3.81. The number of hydrogen-bond acceptors (Lipinski definition) is 2. The summed E-state index contributed by atoms with van der Waals surface area (Å²) in [5, 5.41) is 10.3.